The first-order valence-electron chi connectivity index (χ1n) is 11.2. The van der Waals surface area contributed by atoms with Crippen LogP contribution < -0.4 is 21.0 Å². The Kier molecular flexibility index (Phi) is 6.60. The van der Waals surface area contributed by atoms with Crippen LogP contribution in [-0.2, 0) is 20.6 Å². The molecule has 0 spiro atoms. The molecule has 10 nitrogen and oxygen atoms in total. The van der Waals surface area contributed by atoms with Crippen LogP contribution >= 0.6 is 34.7 Å². The highest BCUT2D eigenvalue weighted by atomic mass is 35.5. The van der Waals surface area contributed by atoms with Crippen LogP contribution in [0.25, 0.3) is 11.2 Å². The predicted molar refractivity (Wildman–Crippen MR) is 141 cm³/mol. The second kappa shape index (κ2) is 9.67. The van der Waals surface area contributed by atoms with E-state index in [-0.39, 0.29) is 11.2 Å². The number of hydrogen-bond acceptors (Lipinski definition) is 9. The Balaban J connectivity index is 1.46. The number of hydrogen-bond donors (Lipinski definition) is 0. The number of rotatable bonds is 6. The van der Waals surface area contributed by atoms with Crippen molar-refractivity contribution in [2.24, 2.45) is 14.1 Å². The van der Waals surface area contributed by atoms with E-state index in [0.717, 1.165) is 45.8 Å². The van der Waals surface area contributed by atoms with Crippen LogP contribution in [0.3, 0.4) is 0 Å². The molecule has 0 radical (unpaired) electrons. The molecule has 1 fully saturated rings. The molecule has 3 aromatic heterocycles. The minimum atomic E-state index is -0.386. The van der Waals surface area contributed by atoms with Gasteiger partial charge in [-0.1, -0.05) is 40.8 Å². The summed E-state index contributed by atoms with van der Waals surface area (Å²) >= 11 is 9.33. The van der Waals surface area contributed by atoms with E-state index in [0.29, 0.717) is 34.4 Å². The van der Waals surface area contributed by atoms with Gasteiger partial charge in [0.25, 0.3) is 5.56 Å². The summed E-state index contributed by atoms with van der Waals surface area (Å²) in [5.41, 5.74) is 1.21. The zero-order valence-corrected chi connectivity index (χ0v) is 22.0. The van der Waals surface area contributed by atoms with Crippen molar-refractivity contribution in [3.05, 3.63) is 55.1 Å². The SMILES string of the molecule is Cc1nnc(SCCn2c(N3CCN(c4cccc(Cl)c4)CC3)nc3c2c(=O)n(C)c(=O)n3C)s1. The number of aromatic nitrogens is 6. The van der Waals surface area contributed by atoms with Gasteiger partial charge in [0.15, 0.2) is 15.5 Å². The summed E-state index contributed by atoms with van der Waals surface area (Å²) in [6, 6.07) is 7.85. The fourth-order valence-electron chi connectivity index (χ4n) is 4.29. The number of nitrogens with zero attached hydrogens (tertiary/aromatic N) is 8. The Morgan fingerprint density at radius 3 is 2.49 bits per heavy atom. The van der Waals surface area contributed by atoms with Gasteiger partial charge in [0, 0.05) is 63.3 Å². The molecule has 4 heterocycles. The molecule has 0 unspecified atom stereocenters. The van der Waals surface area contributed by atoms with E-state index >= 15 is 0 Å². The maximum absolute atomic E-state index is 13.1. The molecule has 1 aliphatic heterocycles. The Bertz CT molecular complexity index is 1500. The molecule has 35 heavy (non-hydrogen) atoms. The van der Waals surface area contributed by atoms with Gasteiger partial charge in [0.2, 0.25) is 5.95 Å². The summed E-state index contributed by atoms with van der Waals surface area (Å²) in [6.45, 7) is 5.52. The van der Waals surface area contributed by atoms with E-state index < -0.39 is 0 Å². The molecular formula is C22H25ClN8O2S2. The number of anilines is 2. The quantitative estimate of drug-likeness (QED) is 0.349. The first kappa shape index (κ1) is 23.9. The van der Waals surface area contributed by atoms with E-state index in [4.69, 9.17) is 16.6 Å². The topological polar surface area (TPSA) is 94.1 Å². The van der Waals surface area contributed by atoms with Crippen molar-refractivity contribution in [1.29, 1.82) is 0 Å². The standard InChI is InChI=1S/C22H25ClN8O2S2/c1-14-25-26-21(35-14)34-12-11-31-17-18(27(2)22(33)28(3)19(17)32)24-20(31)30-9-7-29(8-10-30)16-6-4-5-15(23)13-16/h4-6,13H,7-12H2,1-3H3. The molecule has 1 aliphatic rings. The predicted octanol–water partition coefficient (Wildman–Crippen LogP) is 2.37. The van der Waals surface area contributed by atoms with E-state index in [1.807, 2.05) is 29.7 Å². The summed E-state index contributed by atoms with van der Waals surface area (Å²) in [6.07, 6.45) is 0. The molecular weight excluding hydrogens is 508 g/mol. The number of imidazole rings is 1. The van der Waals surface area contributed by atoms with Crippen LogP contribution in [0.5, 0.6) is 0 Å². The highest BCUT2D eigenvalue weighted by molar-refractivity contribution is 8.01. The van der Waals surface area contributed by atoms with Crippen LogP contribution in [0.15, 0.2) is 38.2 Å². The van der Waals surface area contributed by atoms with Crippen molar-refractivity contribution >= 4 is 57.5 Å². The van der Waals surface area contributed by atoms with Gasteiger partial charge in [-0.05, 0) is 25.1 Å². The normalized spacial score (nSPS) is 14.3. The highest BCUT2D eigenvalue weighted by Gasteiger charge is 2.26. The minimum absolute atomic E-state index is 0.337. The maximum Gasteiger partial charge on any atom is 0.332 e. The molecule has 4 aromatic rings. The second-order valence-corrected chi connectivity index (χ2v) is 11.3. The molecule has 0 atom stereocenters. The van der Waals surface area contributed by atoms with Gasteiger partial charge in [0.05, 0.1) is 0 Å². The third kappa shape index (κ3) is 4.57. The van der Waals surface area contributed by atoms with E-state index in [1.165, 1.54) is 11.6 Å². The summed E-state index contributed by atoms with van der Waals surface area (Å²) in [4.78, 5) is 35.0. The van der Waals surface area contributed by atoms with Crippen molar-refractivity contribution in [3.63, 3.8) is 0 Å². The zero-order valence-electron chi connectivity index (χ0n) is 19.6. The molecule has 0 amide bonds. The fraction of sp³-hybridized carbons (Fsp3) is 0.409. The van der Waals surface area contributed by atoms with Crippen LogP contribution in [0, 0.1) is 6.92 Å². The first-order chi connectivity index (χ1) is 16.8. The maximum atomic E-state index is 13.1. The lowest BCUT2D eigenvalue weighted by molar-refractivity contribution is 0.622. The fourth-order valence-corrected chi connectivity index (χ4v) is 6.28. The molecule has 184 valence electrons. The molecule has 13 heteroatoms. The lowest BCUT2D eigenvalue weighted by atomic mass is 10.2. The molecule has 0 saturated carbocycles. The molecule has 1 aromatic carbocycles. The van der Waals surface area contributed by atoms with Gasteiger partial charge >= 0.3 is 5.69 Å². The van der Waals surface area contributed by atoms with Crippen LogP contribution in [-0.4, -0.2) is 60.8 Å². The number of thioether (sulfide) groups is 1. The van der Waals surface area contributed by atoms with Crippen LogP contribution in [0.1, 0.15) is 5.01 Å². The summed E-state index contributed by atoms with van der Waals surface area (Å²) in [7, 11) is 3.16. The molecule has 0 N–H and O–H groups in total. The Morgan fingerprint density at radius 2 is 1.80 bits per heavy atom. The average Bonchev–Trinajstić information content (AvgIpc) is 3.45. The third-order valence-electron chi connectivity index (χ3n) is 6.11. The largest absolute Gasteiger partial charge is 0.368 e. The first-order valence-corrected chi connectivity index (χ1v) is 13.4. The van der Waals surface area contributed by atoms with Gasteiger partial charge in [-0.15, -0.1) is 10.2 Å². The molecule has 5 rings (SSSR count). The number of piperazine rings is 1. The van der Waals surface area contributed by atoms with Crippen molar-refractivity contribution in [2.45, 2.75) is 17.8 Å². The Morgan fingerprint density at radius 1 is 1.06 bits per heavy atom. The lowest BCUT2D eigenvalue weighted by Crippen LogP contribution is -2.47. The summed E-state index contributed by atoms with van der Waals surface area (Å²) in [5, 5.41) is 9.89. The smallest absolute Gasteiger partial charge is 0.332 e. The van der Waals surface area contributed by atoms with Crippen molar-refractivity contribution in [2.75, 3.05) is 41.7 Å². The van der Waals surface area contributed by atoms with Gasteiger partial charge in [-0.2, -0.15) is 4.98 Å². The zero-order chi connectivity index (χ0) is 24.7. The number of aryl methyl sites for hydroxylation is 3. The van der Waals surface area contributed by atoms with Crippen LogP contribution in [0.4, 0.5) is 11.6 Å². The monoisotopic (exact) mass is 532 g/mol. The highest BCUT2D eigenvalue weighted by Crippen LogP contribution is 2.27. The minimum Gasteiger partial charge on any atom is -0.368 e. The molecule has 0 bridgehead atoms. The molecule has 0 aliphatic carbocycles. The third-order valence-corrected chi connectivity index (χ3v) is 8.30. The average molecular weight is 533 g/mol. The van der Waals surface area contributed by atoms with Gasteiger partial charge < -0.3 is 14.4 Å². The van der Waals surface area contributed by atoms with E-state index in [1.54, 1.807) is 30.1 Å². The van der Waals surface area contributed by atoms with E-state index in [2.05, 4.69) is 26.1 Å². The Hall–Kier alpha value is -2.83. The van der Waals surface area contributed by atoms with E-state index in [9.17, 15) is 9.59 Å². The van der Waals surface area contributed by atoms with Crippen molar-refractivity contribution in [1.82, 2.24) is 28.9 Å². The summed E-state index contributed by atoms with van der Waals surface area (Å²) in [5.74, 6) is 1.40. The second-order valence-electron chi connectivity index (χ2n) is 8.33. The van der Waals surface area contributed by atoms with Crippen LogP contribution in [0.2, 0.25) is 5.02 Å². The van der Waals surface area contributed by atoms with Gasteiger partial charge in [-0.25, -0.2) is 4.79 Å². The van der Waals surface area contributed by atoms with Gasteiger partial charge in [-0.3, -0.25) is 13.9 Å². The van der Waals surface area contributed by atoms with Crippen molar-refractivity contribution in [3.8, 4) is 0 Å². The number of benzene rings is 1. The summed E-state index contributed by atoms with van der Waals surface area (Å²) < 4.78 is 5.43. The lowest BCUT2D eigenvalue weighted by Gasteiger charge is -2.36. The molecule has 1 saturated heterocycles. The Labute approximate surface area is 214 Å². The number of fused-ring (bicyclic) bond motifs is 1. The number of halogens is 1. The van der Waals surface area contributed by atoms with Gasteiger partial charge in [0.1, 0.15) is 5.01 Å². The van der Waals surface area contributed by atoms with Crippen molar-refractivity contribution < 1.29 is 0 Å².